The summed E-state index contributed by atoms with van der Waals surface area (Å²) in [6.07, 6.45) is 0. The Morgan fingerprint density at radius 2 is 2.15 bits per heavy atom. The summed E-state index contributed by atoms with van der Waals surface area (Å²) < 4.78 is 5.81. The van der Waals surface area contributed by atoms with Crippen LogP contribution in [0.4, 0.5) is 0 Å². The van der Waals surface area contributed by atoms with Crippen molar-refractivity contribution in [1.29, 1.82) is 0 Å². The van der Waals surface area contributed by atoms with Gasteiger partial charge in [0.2, 0.25) is 0 Å². The lowest BCUT2D eigenvalue weighted by Crippen LogP contribution is -2.02. The normalized spacial score (nSPS) is 10.8. The highest BCUT2D eigenvalue weighted by Gasteiger charge is 2.11. The SMILES string of the molecule is COCc1nc(CSc2cccc(C)c2)nc(Cl)c1Br. The number of rotatable bonds is 5. The van der Waals surface area contributed by atoms with Gasteiger partial charge in [0.05, 0.1) is 22.5 Å². The summed E-state index contributed by atoms with van der Waals surface area (Å²) in [5.41, 5.74) is 2.01. The lowest BCUT2D eigenvalue weighted by Gasteiger charge is -2.07. The van der Waals surface area contributed by atoms with Crippen LogP contribution in [0, 0.1) is 6.92 Å². The first kappa shape index (κ1) is 15.8. The predicted molar refractivity (Wildman–Crippen MR) is 86.2 cm³/mol. The zero-order valence-corrected chi connectivity index (χ0v) is 14.3. The second-order valence-electron chi connectivity index (χ2n) is 4.23. The molecule has 2 aromatic rings. The van der Waals surface area contributed by atoms with Crippen molar-refractivity contribution in [3.05, 3.63) is 51.0 Å². The third-order valence-electron chi connectivity index (χ3n) is 2.56. The zero-order valence-electron chi connectivity index (χ0n) is 11.2. The fourth-order valence-corrected chi connectivity index (χ4v) is 3.03. The minimum Gasteiger partial charge on any atom is -0.378 e. The van der Waals surface area contributed by atoms with Crippen molar-refractivity contribution >= 4 is 39.3 Å². The molecular formula is C14H14BrClN2OS. The van der Waals surface area contributed by atoms with E-state index >= 15 is 0 Å². The van der Waals surface area contributed by atoms with Crippen molar-refractivity contribution in [2.45, 2.75) is 24.2 Å². The molecule has 0 unspecified atom stereocenters. The van der Waals surface area contributed by atoms with Crippen LogP contribution in [0.2, 0.25) is 5.15 Å². The van der Waals surface area contributed by atoms with E-state index in [0.29, 0.717) is 27.8 Å². The van der Waals surface area contributed by atoms with E-state index in [1.54, 1.807) is 18.9 Å². The number of benzene rings is 1. The lowest BCUT2D eigenvalue weighted by molar-refractivity contribution is 0.180. The Kier molecular flexibility index (Phi) is 5.84. The summed E-state index contributed by atoms with van der Waals surface area (Å²) in [7, 11) is 1.63. The molecule has 20 heavy (non-hydrogen) atoms. The van der Waals surface area contributed by atoms with Gasteiger partial charge in [-0.1, -0.05) is 29.3 Å². The quantitative estimate of drug-likeness (QED) is 0.565. The average molecular weight is 374 g/mol. The first-order valence-electron chi connectivity index (χ1n) is 5.99. The van der Waals surface area contributed by atoms with Gasteiger partial charge in [-0.05, 0) is 35.0 Å². The van der Waals surface area contributed by atoms with Gasteiger partial charge in [-0.3, -0.25) is 0 Å². The predicted octanol–water partition coefficient (Wildman–Crippen LogP) is 4.64. The van der Waals surface area contributed by atoms with E-state index in [4.69, 9.17) is 16.3 Å². The maximum Gasteiger partial charge on any atom is 0.147 e. The van der Waals surface area contributed by atoms with Crippen LogP contribution in [0.25, 0.3) is 0 Å². The van der Waals surface area contributed by atoms with E-state index in [2.05, 4.69) is 51.0 Å². The Morgan fingerprint density at radius 1 is 1.35 bits per heavy atom. The van der Waals surface area contributed by atoms with Crippen molar-refractivity contribution < 1.29 is 4.74 Å². The lowest BCUT2D eigenvalue weighted by atomic mass is 10.2. The molecule has 1 aromatic carbocycles. The Balaban J connectivity index is 2.13. The van der Waals surface area contributed by atoms with E-state index in [9.17, 15) is 0 Å². The summed E-state index contributed by atoms with van der Waals surface area (Å²) in [4.78, 5) is 9.95. The summed E-state index contributed by atoms with van der Waals surface area (Å²) in [5.74, 6) is 1.38. The van der Waals surface area contributed by atoms with Crippen LogP contribution in [0.3, 0.4) is 0 Å². The third kappa shape index (κ3) is 4.19. The molecule has 3 nitrogen and oxygen atoms in total. The number of aryl methyl sites for hydroxylation is 1. The highest BCUT2D eigenvalue weighted by Crippen LogP contribution is 2.27. The molecule has 0 saturated carbocycles. The first-order valence-corrected chi connectivity index (χ1v) is 8.15. The molecule has 0 aliphatic rings. The van der Waals surface area contributed by atoms with Gasteiger partial charge < -0.3 is 4.74 Å². The van der Waals surface area contributed by atoms with Gasteiger partial charge >= 0.3 is 0 Å². The molecule has 0 radical (unpaired) electrons. The standard InChI is InChI=1S/C14H14BrClN2OS/c1-9-4-3-5-10(6-9)20-8-12-17-11(7-19-2)13(15)14(16)18-12/h3-6H,7-8H2,1-2H3. The minimum absolute atomic E-state index is 0.408. The Hall–Kier alpha value is -0.620. The topological polar surface area (TPSA) is 35.0 Å². The number of ether oxygens (including phenoxy) is 1. The van der Waals surface area contributed by atoms with Crippen LogP contribution >= 0.6 is 39.3 Å². The minimum atomic E-state index is 0.408. The molecule has 0 bridgehead atoms. The maximum absolute atomic E-state index is 6.10. The molecule has 1 aromatic heterocycles. The third-order valence-corrected chi connectivity index (χ3v) is 4.89. The van der Waals surface area contributed by atoms with Crippen molar-refractivity contribution in [1.82, 2.24) is 9.97 Å². The van der Waals surface area contributed by atoms with Gasteiger partial charge in [0.25, 0.3) is 0 Å². The summed E-state index contributed by atoms with van der Waals surface area (Å²) in [5, 5.41) is 0.423. The Morgan fingerprint density at radius 3 is 2.85 bits per heavy atom. The molecule has 0 N–H and O–H groups in total. The second kappa shape index (κ2) is 7.41. The van der Waals surface area contributed by atoms with Crippen LogP contribution in [0.15, 0.2) is 33.6 Å². The second-order valence-corrected chi connectivity index (χ2v) is 6.43. The van der Waals surface area contributed by atoms with Gasteiger partial charge in [0.1, 0.15) is 11.0 Å². The zero-order chi connectivity index (χ0) is 14.5. The molecule has 0 spiro atoms. The molecule has 0 aliphatic heterocycles. The molecule has 6 heteroatoms. The molecule has 2 rings (SSSR count). The van der Waals surface area contributed by atoms with Crippen LogP contribution in [0.1, 0.15) is 17.1 Å². The summed E-state index contributed by atoms with van der Waals surface area (Å²) in [6.45, 7) is 2.48. The first-order chi connectivity index (χ1) is 9.60. The summed E-state index contributed by atoms with van der Waals surface area (Å²) in [6, 6.07) is 8.34. The van der Waals surface area contributed by atoms with Crippen molar-refractivity contribution in [2.75, 3.05) is 7.11 Å². The largest absolute Gasteiger partial charge is 0.378 e. The average Bonchev–Trinajstić information content (AvgIpc) is 2.42. The molecule has 0 fully saturated rings. The van der Waals surface area contributed by atoms with Gasteiger partial charge in [-0.15, -0.1) is 11.8 Å². The molecule has 106 valence electrons. The van der Waals surface area contributed by atoms with E-state index in [0.717, 1.165) is 5.69 Å². The smallest absolute Gasteiger partial charge is 0.147 e. The maximum atomic E-state index is 6.10. The van der Waals surface area contributed by atoms with E-state index < -0.39 is 0 Å². The van der Waals surface area contributed by atoms with E-state index in [-0.39, 0.29) is 0 Å². The number of methoxy groups -OCH3 is 1. The van der Waals surface area contributed by atoms with Gasteiger partial charge in [-0.25, -0.2) is 9.97 Å². The molecule has 1 heterocycles. The van der Waals surface area contributed by atoms with Gasteiger partial charge in [0, 0.05) is 12.0 Å². The summed E-state index contributed by atoms with van der Waals surface area (Å²) >= 11 is 11.2. The number of nitrogens with zero attached hydrogens (tertiary/aromatic N) is 2. The number of hydrogen-bond acceptors (Lipinski definition) is 4. The molecule has 0 aliphatic carbocycles. The van der Waals surface area contributed by atoms with Crippen molar-refractivity contribution in [3.8, 4) is 0 Å². The number of aromatic nitrogens is 2. The molecular weight excluding hydrogens is 360 g/mol. The molecule has 0 amide bonds. The van der Waals surface area contributed by atoms with Crippen molar-refractivity contribution in [3.63, 3.8) is 0 Å². The highest BCUT2D eigenvalue weighted by molar-refractivity contribution is 9.10. The van der Waals surface area contributed by atoms with Crippen LogP contribution in [-0.2, 0) is 17.1 Å². The van der Waals surface area contributed by atoms with Crippen LogP contribution < -0.4 is 0 Å². The monoisotopic (exact) mass is 372 g/mol. The van der Waals surface area contributed by atoms with Crippen LogP contribution in [-0.4, -0.2) is 17.1 Å². The Bertz CT molecular complexity index is 610. The fraction of sp³-hybridized carbons (Fsp3) is 0.286. The fourth-order valence-electron chi connectivity index (χ4n) is 1.66. The highest BCUT2D eigenvalue weighted by atomic mass is 79.9. The van der Waals surface area contributed by atoms with Gasteiger partial charge in [0.15, 0.2) is 0 Å². The van der Waals surface area contributed by atoms with Crippen LogP contribution in [0.5, 0.6) is 0 Å². The van der Waals surface area contributed by atoms with Crippen molar-refractivity contribution in [2.24, 2.45) is 0 Å². The number of halogens is 2. The van der Waals surface area contributed by atoms with E-state index in [1.807, 2.05) is 6.07 Å². The van der Waals surface area contributed by atoms with Gasteiger partial charge in [-0.2, -0.15) is 0 Å². The molecule has 0 atom stereocenters. The Labute approximate surface area is 136 Å². The van der Waals surface area contributed by atoms with E-state index in [1.165, 1.54) is 10.5 Å². The molecule has 0 saturated heterocycles. The number of thioether (sulfide) groups is 1. The number of hydrogen-bond donors (Lipinski definition) is 0.